The lowest BCUT2D eigenvalue weighted by atomic mass is 9.65. The maximum absolute atomic E-state index is 13.2. The van der Waals surface area contributed by atoms with Crippen molar-refractivity contribution < 1.29 is 38.4 Å². The van der Waals surface area contributed by atoms with Gasteiger partial charge in [0.05, 0.1) is 32.8 Å². The molecule has 1 saturated heterocycles. The number of rotatable bonds is 11. The fraction of sp³-hybridized carbons (Fsp3) is 0.517. The van der Waals surface area contributed by atoms with Crippen LogP contribution in [0.5, 0.6) is 28.7 Å². The summed E-state index contributed by atoms with van der Waals surface area (Å²) < 4.78 is 27.8. The summed E-state index contributed by atoms with van der Waals surface area (Å²) in [7, 11) is 6.96. The van der Waals surface area contributed by atoms with Crippen LogP contribution in [-0.2, 0) is 14.3 Å². The number of aromatic hydroxyl groups is 1. The number of benzene rings is 2. The van der Waals surface area contributed by atoms with Crippen molar-refractivity contribution in [3.8, 4) is 28.7 Å². The Morgan fingerprint density at radius 2 is 1.70 bits per heavy atom. The van der Waals surface area contributed by atoms with Gasteiger partial charge in [0.15, 0.2) is 23.0 Å². The van der Waals surface area contributed by atoms with Gasteiger partial charge >= 0.3 is 5.97 Å². The molecule has 4 unspecified atom stereocenters. The number of carbonyl (C=O) groups is 2. The normalized spacial score (nSPS) is 22.5. The summed E-state index contributed by atoms with van der Waals surface area (Å²) in [6.45, 7) is 2.79. The van der Waals surface area contributed by atoms with Gasteiger partial charge in [-0.25, -0.2) is 0 Å². The molecule has 0 spiro atoms. The number of cyclic esters (lactones) is 1. The lowest BCUT2D eigenvalue weighted by molar-refractivity contribution is -0.141. The summed E-state index contributed by atoms with van der Waals surface area (Å²) in [5.74, 6) is -0.274. The second kappa shape index (κ2) is 11.8. The average Bonchev–Trinajstić information content (AvgIpc) is 3.56. The van der Waals surface area contributed by atoms with Gasteiger partial charge in [-0.1, -0.05) is 0 Å². The SMILES string of the molecule is COc1cc(C2c3cc4c(cc3C(NC(=O)CCCNCCN(C)C)C3COC(=O)C23)OCO4)cc(OC)c1O. The van der Waals surface area contributed by atoms with Crippen molar-refractivity contribution in [1.82, 2.24) is 15.5 Å². The molecule has 0 aromatic heterocycles. The van der Waals surface area contributed by atoms with Crippen LogP contribution < -0.4 is 29.6 Å². The van der Waals surface area contributed by atoms with E-state index in [1.54, 1.807) is 12.1 Å². The fourth-order valence-corrected chi connectivity index (χ4v) is 5.89. The molecule has 3 N–H and O–H groups in total. The van der Waals surface area contributed by atoms with E-state index >= 15 is 0 Å². The summed E-state index contributed by atoms with van der Waals surface area (Å²) >= 11 is 0. The molecule has 216 valence electrons. The molecule has 11 heteroatoms. The summed E-state index contributed by atoms with van der Waals surface area (Å²) in [6.07, 6.45) is 1.05. The Kier molecular flexibility index (Phi) is 8.22. The van der Waals surface area contributed by atoms with Crippen LogP contribution in [-0.4, -0.2) is 83.2 Å². The Labute approximate surface area is 233 Å². The average molecular weight is 556 g/mol. The first-order chi connectivity index (χ1) is 19.3. The first-order valence-corrected chi connectivity index (χ1v) is 13.5. The van der Waals surface area contributed by atoms with E-state index in [4.69, 9.17) is 23.7 Å². The van der Waals surface area contributed by atoms with Gasteiger partial charge in [0, 0.05) is 31.3 Å². The molecule has 3 aliphatic rings. The van der Waals surface area contributed by atoms with E-state index in [0.717, 1.165) is 30.8 Å². The number of ether oxygens (including phenoxy) is 5. The first-order valence-electron chi connectivity index (χ1n) is 13.5. The van der Waals surface area contributed by atoms with Crippen molar-refractivity contribution in [3.05, 3.63) is 41.0 Å². The molecular formula is C29H37N3O8. The number of hydrogen-bond donors (Lipinski definition) is 3. The molecule has 1 aliphatic carbocycles. The number of esters is 1. The van der Waals surface area contributed by atoms with Crippen molar-refractivity contribution in [2.24, 2.45) is 11.8 Å². The number of hydrogen-bond acceptors (Lipinski definition) is 10. The third-order valence-electron chi connectivity index (χ3n) is 7.86. The molecule has 1 amide bonds. The van der Waals surface area contributed by atoms with Gasteiger partial charge in [0.1, 0.15) is 0 Å². The van der Waals surface area contributed by atoms with Crippen molar-refractivity contribution in [3.63, 3.8) is 0 Å². The van der Waals surface area contributed by atoms with E-state index in [0.29, 0.717) is 29.9 Å². The van der Waals surface area contributed by atoms with Gasteiger partial charge in [-0.2, -0.15) is 0 Å². The number of fused-ring (bicyclic) bond motifs is 3. The number of methoxy groups -OCH3 is 2. The number of amides is 1. The van der Waals surface area contributed by atoms with E-state index in [1.807, 2.05) is 26.2 Å². The summed E-state index contributed by atoms with van der Waals surface area (Å²) in [6, 6.07) is 6.74. The Morgan fingerprint density at radius 3 is 2.35 bits per heavy atom. The summed E-state index contributed by atoms with van der Waals surface area (Å²) in [5, 5.41) is 17.1. The molecule has 2 aromatic rings. The predicted octanol–water partition coefficient (Wildman–Crippen LogP) is 2.16. The lowest BCUT2D eigenvalue weighted by Crippen LogP contribution is -2.43. The second-order valence-electron chi connectivity index (χ2n) is 10.6. The van der Waals surface area contributed by atoms with Gasteiger partial charge in [-0.05, 0) is 68.0 Å². The maximum Gasteiger partial charge on any atom is 0.310 e. The van der Waals surface area contributed by atoms with E-state index < -0.39 is 17.9 Å². The maximum atomic E-state index is 13.2. The van der Waals surface area contributed by atoms with Crippen molar-refractivity contribution in [2.45, 2.75) is 24.8 Å². The molecule has 2 aromatic carbocycles. The third kappa shape index (κ3) is 5.35. The Morgan fingerprint density at radius 1 is 1.02 bits per heavy atom. The quantitative estimate of drug-likeness (QED) is 0.280. The van der Waals surface area contributed by atoms with Crippen LogP contribution in [0, 0.1) is 11.8 Å². The van der Waals surface area contributed by atoms with Crippen LogP contribution in [0.15, 0.2) is 24.3 Å². The van der Waals surface area contributed by atoms with Crippen LogP contribution >= 0.6 is 0 Å². The second-order valence-corrected chi connectivity index (χ2v) is 10.6. The van der Waals surface area contributed by atoms with Crippen LogP contribution in [0.3, 0.4) is 0 Å². The molecule has 40 heavy (non-hydrogen) atoms. The molecule has 0 saturated carbocycles. The molecule has 1 fully saturated rings. The first kappa shape index (κ1) is 27.9. The van der Waals surface area contributed by atoms with Gasteiger partial charge < -0.3 is 44.3 Å². The monoisotopic (exact) mass is 555 g/mol. The third-order valence-corrected chi connectivity index (χ3v) is 7.86. The van der Waals surface area contributed by atoms with E-state index in [9.17, 15) is 14.7 Å². The largest absolute Gasteiger partial charge is 0.502 e. The minimum absolute atomic E-state index is 0.0902. The molecule has 0 bridgehead atoms. The van der Waals surface area contributed by atoms with Crippen LogP contribution in [0.25, 0.3) is 0 Å². The Hall–Kier alpha value is -3.70. The highest BCUT2D eigenvalue weighted by Gasteiger charge is 2.53. The molecule has 11 nitrogen and oxygen atoms in total. The zero-order chi connectivity index (χ0) is 28.4. The number of carbonyl (C=O) groups excluding carboxylic acids is 2. The van der Waals surface area contributed by atoms with Crippen molar-refractivity contribution in [2.75, 3.05) is 61.3 Å². The summed E-state index contributed by atoms with van der Waals surface area (Å²) in [4.78, 5) is 28.5. The number of phenolic OH excluding ortho intramolecular Hbond substituents is 1. The lowest BCUT2D eigenvalue weighted by Gasteiger charge is -2.39. The van der Waals surface area contributed by atoms with Crippen LogP contribution in [0.4, 0.5) is 0 Å². The number of nitrogens with zero attached hydrogens (tertiary/aromatic N) is 1. The van der Waals surface area contributed by atoms with Crippen molar-refractivity contribution in [1.29, 1.82) is 0 Å². The number of likely N-dealkylation sites (N-methyl/N-ethyl adjacent to an activating group) is 1. The highest BCUT2D eigenvalue weighted by Crippen LogP contribution is 2.55. The zero-order valence-corrected chi connectivity index (χ0v) is 23.3. The minimum atomic E-state index is -0.579. The van der Waals surface area contributed by atoms with Gasteiger partial charge in [-0.3, -0.25) is 9.59 Å². The zero-order valence-electron chi connectivity index (χ0n) is 23.3. The highest BCUT2D eigenvalue weighted by atomic mass is 16.7. The standard InChI is InChI=1S/C29H37N3O8/c1-32(2)9-8-30-7-5-6-24(33)31-27-18-13-21-20(39-15-40-21)12-17(18)25(26-19(27)14-38-29(26)35)16-10-22(36-3)28(34)23(11-16)37-4/h10-13,19,25-27,30,34H,5-9,14-15H2,1-4H3,(H,31,33). The van der Waals surface area contributed by atoms with Crippen molar-refractivity contribution >= 4 is 11.9 Å². The molecule has 4 atom stereocenters. The van der Waals surface area contributed by atoms with E-state index in [-0.39, 0.29) is 48.4 Å². The van der Waals surface area contributed by atoms with E-state index in [1.165, 1.54) is 14.2 Å². The van der Waals surface area contributed by atoms with E-state index in [2.05, 4.69) is 15.5 Å². The molecule has 5 rings (SSSR count). The number of phenols is 1. The highest BCUT2D eigenvalue weighted by molar-refractivity contribution is 5.81. The van der Waals surface area contributed by atoms with Gasteiger partial charge in [-0.15, -0.1) is 0 Å². The van der Waals surface area contributed by atoms with Gasteiger partial charge in [0.25, 0.3) is 0 Å². The Bertz CT molecular complexity index is 1240. The number of nitrogens with one attached hydrogen (secondary N) is 2. The Balaban J connectivity index is 1.47. The minimum Gasteiger partial charge on any atom is -0.502 e. The smallest absolute Gasteiger partial charge is 0.310 e. The van der Waals surface area contributed by atoms with Crippen LogP contribution in [0.2, 0.25) is 0 Å². The molecule has 2 heterocycles. The fourth-order valence-electron chi connectivity index (χ4n) is 5.89. The van der Waals surface area contributed by atoms with Gasteiger partial charge in [0.2, 0.25) is 18.4 Å². The molecular weight excluding hydrogens is 518 g/mol. The topological polar surface area (TPSA) is 128 Å². The summed E-state index contributed by atoms with van der Waals surface area (Å²) in [5.41, 5.74) is 2.38. The molecule has 2 aliphatic heterocycles. The van der Waals surface area contributed by atoms with Crippen LogP contribution in [0.1, 0.15) is 41.5 Å². The predicted molar refractivity (Wildman–Crippen MR) is 145 cm³/mol. The molecule has 0 radical (unpaired) electrons.